The number of fused-ring (bicyclic) bond motifs is 12. The lowest BCUT2D eigenvalue weighted by Gasteiger charge is -2.23. The third-order valence-electron chi connectivity index (χ3n) is 11.7. The van der Waals surface area contributed by atoms with Crippen molar-refractivity contribution in [1.29, 1.82) is 0 Å². The number of hydrogen-bond donors (Lipinski definition) is 0. The average molecular weight is 661 g/mol. The van der Waals surface area contributed by atoms with Crippen molar-refractivity contribution in [3.63, 3.8) is 0 Å². The first-order chi connectivity index (χ1) is 25.7. The monoisotopic (exact) mass is 660 g/mol. The molecule has 2 heteroatoms. The van der Waals surface area contributed by atoms with Gasteiger partial charge in [-0.05, 0) is 82.6 Å². The molecule has 0 aliphatic carbocycles. The minimum absolute atomic E-state index is 1.22. The maximum Gasteiger partial charge on any atom is 0.0547 e. The molecule has 0 aliphatic rings. The molecule has 2 nitrogen and oxygen atoms in total. The molecule has 0 N–H and O–H groups in total. The van der Waals surface area contributed by atoms with E-state index in [0.717, 1.165) is 0 Å². The zero-order valence-corrected chi connectivity index (χ0v) is 28.9. The highest BCUT2D eigenvalue weighted by Crippen LogP contribution is 2.50. The molecule has 0 atom stereocenters. The zero-order valence-electron chi connectivity index (χ0n) is 28.9. The second-order valence-corrected chi connectivity index (χ2v) is 14.6. The molecule has 2 heterocycles. The zero-order chi connectivity index (χ0) is 34.2. The summed E-state index contributed by atoms with van der Waals surface area (Å²) >= 11 is 0. The summed E-state index contributed by atoms with van der Waals surface area (Å²) in [5.74, 6) is 0. The van der Waals surface area contributed by atoms with Gasteiger partial charge in [0, 0.05) is 43.1 Å². The molecule has 0 bridgehead atoms. The van der Waals surface area contributed by atoms with Gasteiger partial charge in [-0.2, -0.15) is 0 Å². The molecule has 0 spiro atoms. The van der Waals surface area contributed by atoms with Gasteiger partial charge in [-0.15, -0.1) is 0 Å². The highest BCUT2D eigenvalue weighted by Gasteiger charge is 2.24. The topological polar surface area (TPSA) is 9.86 Å². The summed E-state index contributed by atoms with van der Waals surface area (Å²) in [6.07, 6.45) is 0. The van der Waals surface area contributed by atoms with Gasteiger partial charge in [-0.3, -0.25) is 0 Å². The molecule has 0 unspecified atom stereocenters. The molecule has 52 heavy (non-hydrogen) atoms. The maximum absolute atomic E-state index is 2.51. The molecule has 0 saturated heterocycles. The first-order valence-electron chi connectivity index (χ1n) is 18.2. The minimum Gasteiger partial charge on any atom is -0.309 e. The Hall–Kier alpha value is -6.64. The third kappa shape index (κ3) is 3.49. The van der Waals surface area contributed by atoms with Gasteiger partial charge in [0.15, 0.2) is 0 Å². The van der Waals surface area contributed by atoms with Crippen molar-refractivity contribution in [3.8, 4) is 11.4 Å². The van der Waals surface area contributed by atoms with Crippen molar-refractivity contribution in [2.75, 3.05) is 0 Å². The molecule has 0 aliphatic heterocycles. The van der Waals surface area contributed by atoms with Crippen LogP contribution >= 0.6 is 0 Å². The molecule has 2 aromatic heterocycles. The Labute approximate surface area is 299 Å². The highest BCUT2D eigenvalue weighted by atomic mass is 15.0. The summed E-state index contributed by atoms with van der Waals surface area (Å²) in [7, 11) is 0. The van der Waals surface area contributed by atoms with E-state index in [1.54, 1.807) is 0 Å². The molecule has 10 aromatic carbocycles. The van der Waals surface area contributed by atoms with E-state index in [-0.39, 0.29) is 0 Å². The predicted octanol–water partition coefficient (Wildman–Crippen LogP) is 13.7. The summed E-state index contributed by atoms with van der Waals surface area (Å²) in [6, 6.07) is 59.1. The number of aryl methyl sites for hydroxylation is 2. The van der Waals surface area contributed by atoms with Crippen molar-refractivity contribution in [2.24, 2.45) is 0 Å². The number of para-hydroxylation sites is 4. The number of nitrogens with zero attached hydrogens (tertiary/aromatic N) is 2. The lowest BCUT2D eigenvalue weighted by Crippen LogP contribution is -2.01. The lowest BCUT2D eigenvalue weighted by atomic mass is 9.84. The molecule has 0 radical (unpaired) electrons. The first-order valence-corrected chi connectivity index (χ1v) is 18.2. The van der Waals surface area contributed by atoms with Crippen LogP contribution in [0.4, 0.5) is 0 Å². The van der Waals surface area contributed by atoms with Crippen LogP contribution in [0.25, 0.3) is 109 Å². The Morgan fingerprint density at radius 1 is 0.269 bits per heavy atom. The number of hydrogen-bond acceptors (Lipinski definition) is 0. The van der Waals surface area contributed by atoms with E-state index >= 15 is 0 Å². The fraction of sp³-hybridized carbons (Fsp3) is 0.0400. The quantitative estimate of drug-likeness (QED) is 0.129. The smallest absolute Gasteiger partial charge is 0.0547 e. The Kier molecular flexibility index (Phi) is 5.40. The average Bonchev–Trinajstić information content (AvgIpc) is 3.70. The van der Waals surface area contributed by atoms with Gasteiger partial charge in [0.05, 0.1) is 33.4 Å². The molecular weight excluding hydrogens is 629 g/mol. The number of aromatic nitrogens is 2. The van der Waals surface area contributed by atoms with Crippen molar-refractivity contribution < 1.29 is 0 Å². The van der Waals surface area contributed by atoms with E-state index in [4.69, 9.17) is 0 Å². The van der Waals surface area contributed by atoms with E-state index in [0.29, 0.717) is 0 Å². The Morgan fingerprint density at radius 3 is 0.962 bits per heavy atom. The second-order valence-electron chi connectivity index (χ2n) is 14.6. The number of rotatable bonds is 2. The van der Waals surface area contributed by atoms with Gasteiger partial charge in [-0.25, -0.2) is 0 Å². The van der Waals surface area contributed by atoms with E-state index in [2.05, 4.69) is 181 Å². The van der Waals surface area contributed by atoms with Crippen LogP contribution < -0.4 is 0 Å². The van der Waals surface area contributed by atoms with Crippen LogP contribution in [0.5, 0.6) is 0 Å². The van der Waals surface area contributed by atoms with Crippen LogP contribution in [0, 0.1) is 13.8 Å². The summed E-state index contributed by atoms with van der Waals surface area (Å²) in [5, 5.41) is 18.2. The summed E-state index contributed by atoms with van der Waals surface area (Å²) in [4.78, 5) is 0. The van der Waals surface area contributed by atoms with Crippen molar-refractivity contribution in [1.82, 2.24) is 9.13 Å². The van der Waals surface area contributed by atoms with Gasteiger partial charge < -0.3 is 9.13 Å². The van der Waals surface area contributed by atoms with Gasteiger partial charge in [-0.1, -0.05) is 132 Å². The van der Waals surface area contributed by atoms with E-state index in [1.807, 2.05) is 0 Å². The molecule has 0 amide bonds. The van der Waals surface area contributed by atoms with Crippen molar-refractivity contribution in [2.45, 2.75) is 13.8 Å². The molecule has 242 valence electrons. The second kappa shape index (κ2) is 9.99. The highest BCUT2D eigenvalue weighted by molar-refractivity contribution is 6.42. The van der Waals surface area contributed by atoms with Crippen LogP contribution in [0.2, 0.25) is 0 Å². The standard InChI is InChI=1S/C50H32N2/c1-29-19-21-31-37-23-26-46(52-43-17-9-5-13-35(43)36-14-6-10-18-44(36)52)48-40-28-30(2)20-22-32(40)38-24-25-45(47(39(31)27-29)49(38)50(37)48)51-41-15-7-3-11-33(41)34-12-4-8-16-42(34)51/h3-28H,1-2H3. The van der Waals surface area contributed by atoms with Crippen LogP contribution in [0.15, 0.2) is 158 Å². The minimum atomic E-state index is 1.22. The van der Waals surface area contributed by atoms with Gasteiger partial charge in [0.1, 0.15) is 0 Å². The largest absolute Gasteiger partial charge is 0.309 e. The van der Waals surface area contributed by atoms with Crippen LogP contribution in [0.1, 0.15) is 11.1 Å². The Morgan fingerprint density at radius 2 is 0.596 bits per heavy atom. The van der Waals surface area contributed by atoms with Crippen LogP contribution in [-0.4, -0.2) is 9.13 Å². The van der Waals surface area contributed by atoms with Crippen LogP contribution in [-0.2, 0) is 0 Å². The molecule has 12 aromatic rings. The normalized spacial score (nSPS) is 12.4. The Balaban J connectivity index is 1.38. The molecule has 0 fully saturated rings. The summed E-state index contributed by atoms with van der Waals surface area (Å²) in [5.41, 5.74) is 9.88. The summed E-state index contributed by atoms with van der Waals surface area (Å²) in [6.45, 7) is 4.44. The molecule has 12 rings (SSSR count). The third-order valence-corrected chi connectivity index (χ3v) is 11.7. The predicted molar refractivity (Wildman–Crippen MR) is 223 cm³/mol. The fourth-order valence-electron chi connectivity index (χ4n) is 9.63. The first kappa shape index (κ1) is 28.1. The Bertz CT molecular complexity index is 3140. The van der Waals surface area contributed by atoms with Crippen LogP contribution in [0.3, 0.4) is 0 Å². The molecule has 0 saturated carbocycles. The summed E-state index contributed by atoms with van der Waals surface area (Å²) < 4.78 is 5.02. The SMILES string of the molecule is Cc1ccc2c(c1)c1c(-n3c4ccccc4c4ccccc43)ccc3c4ccc(C)cc4c4c(-n5c6ccccc6c6ccccc65)ccc2c4c31. The van der Waals surface area contributed by atoms with Gasteiger partial charge in [0.2, 0.25) is 0 Å². The number of benzene rings is 10. The van der Waals surface area contributed by atoms with Crippen molar-refractivity contribution in [3.05, 3.63) is 169 Å². The van der Waals surface area contributed by atoms with Crippen molar-refractivity contribution >= 4 is 97.5 Å². The maximum atomic E-state index is 2.51. The lowest BCUT2D eigenvalue weighted by molar-refractivity contribution is 1.20. The van der Waals surface area contributed by atoms with E-state index in [1.165, 1.54) is 120 Å². The van der Waals surface area contributed by atoms with E-state index < -0.39 is 0 Å². The van der Waals surface area contributed by atoms with Gasteiger partial charge in [0.25, 0.3) is 0 Å². The van der Waals surface area contributed by atoms with E-state index in [9.17, 15) is 0 Å². The fourth-order valence-corrected chi connectivity index (χ4v) is 9.63. The molecular formula is C50H32N2. The van der Waals surface area contributed by atoms with Gasteiger partial charge >= 0.3 is 0 Å².